The lowest BCUT2D eigenvalue weighted by Gasteiger charge is -2.08. The summed E-state index contributed by atoms with van der Waals surface area (Å²) in [7, 11) is 0. The van der Waals surface area contributed by atoms with Crippen molar-refractivity contribution < 1.29 is 18.3 Å². The van der Waals surface area contributed by atoms with E-state index in [2.05, 4.69) is 4.72 Å². The standard InChI is InChI=1S/C14H12F2N2O2S/c15-12-5-4-9(6-13(12)16)8-20-10-2-1-3-11(7-10)21-18-14(17)19/h1-7H,8H2,(H3,17,18,19). The van der Waals surface area contributed by atoms with Crippen LogP contribution in [0, 0.1) is 11.6 Å². The molecule has 7 heteroatoms. The molecular weight excluding hydrogens is 298 g/mol. The van der Waals surface area contributed by atoms with E-state index in [4.69, 9.17) is 10.5 Å². The monoisotopic (exact) mass is 310 g/mol. The molecular formula is C14H12F2N2O2S. The van der Waals surface area contributed by atoms with Gasteiger partial charge in [-0.2, -0.15) is 0 Å². The summed E-state index contributed by atoms with van der Waals surface area (Å²) < 4.78 is 33.7. The van der Waals surface area contributed by atoms with Crippen molar-refractivity contribution in [2.75, 3.05) is 0 Å². The molecule has 0 bridgehead atoms. The molecule has 2 aromatic rings. The van der Waals surface area contributed by atoms with Crippen molar-refractivity contribution in [1.82, 2.24) is 4.72 Å². The van der Waals surface area contributed by atoms with Gasteiger partial charge in [-0.15, -0.1) is 0 Å². The maximum Gasteiger partial charge on any atom is 0.322 e. The predicted molar refractivity (Wildman–Crippen MR) is 75.7 cm³/mol. The molecule has 2 amide bonds. The number of rotatable bonds is 5. The number of hydrogen-bond donors (Lipinski definition) is 2. The summed E-state index contributed by atoms with van der Waals surface area (Å²) in [5.74, 6) is -1.27. The third-order valence-corrected chi connectivity index (χ3v) is 3.26. The second-order valence-electron chi connectivity index (χ2n) is 4.08. The lowest BCUT2D eigenvalue weighted by Crippen LogP contribution is -2.22. The number of ether oxygens (including phenoxy) is 1. The highest BCUT2D eigenvalue weighted by molar-refractivity contribution is 7.98. The Balaban J connectivity index is 1.97. The number of hydrogen-bond acceptors (Lipinski definition) is 3. The number of primary amides is 1. The van der Waals surface area contributed by atoms with Gasteiger partial charge in [-0.25, -0.2) is 13.6 Å². The normalized spacial score (nSPS) is 10.2. The van der Waals surface area contributed by atoms with Crippen molar-refractivity contribution in [3.05, 3.63) is 59.7 Å². The van der Waals surface area contributed by atoms with Crippen LogP contribution in [0.15, 0.2) is 47.4 Å². The first-order chi connectivity index (χ1) is 10.0. The molecule has 2 aromatic carbocycles. The molecule has 0 fully saturated rings. The molecule has 0 aromatic heterocycles. The lowest BCUT2D eigenvalue weighted by molar-refractivity contribution is 0.254. The topological polar surface area (TPSA) is 64.4 Å². The minimum atomic E-state index is -0.911. The first kappa shape index (κ1) is 15.1. The minimum absolute atomic E-state index is 0.106. The van der Waals surface area contributed by atoms with Crippen LogP contribution in [-0.4, -0.2) is 6.03 Å². The van der Waals surface area contributed by atoms with Crippen molar-refractivity contribution in [2.24, 2.45) is 5.73 Å². The maximum absolute atomic E-state index is 13.1. The summed E-state index contributed by atoms with van der Waals surface area (Å²) in [4.78, 5) is 11.4. The number of carbonyl (C=O) groups excluding carboxylic acids is 1. The fraction of sp³-hybridized carbons (Fsp3) is 0.0714. The van der Waals surface area contributed by atoms with Crippen LogP contribution in [0.4, 0.5) is 13.6 Å². The number of nitrogens with two attached hydrogens (primary N) is 1. The van der Waals surface area contributed by atoms with E-state index in [-0.39, 0.29) is 6.61 Å². The largest absolute Gasteiger partial charge is 0.489 e. The van der Waals surface area contributed by atoms with Crippen molar-refractivity contribution >= 4 is 18.0 Å². The molecule has 0 atom stereocenters. The van der Waals surface area contributed by atoms with E-state index in [9.17, 15) is 13.6 Å². The number of urea groups is 1. The molecule has 0 aliphatic carbocycles. The van der Waals surface area contributed by atoms with Gasteiger partial charge in [-0.3, -0.25) is 4.72 Å². The Morgan fingerprint density at radius 2 is 2.00 bits per heavy atom. The van der Waals surface area contributed by atoms with Crippen molar-refractivity contribution in [2.45, 2.75) is 11.5 Å². The Bertz CT molecular complexity index is 653. The number of carbonyl (C=O) groups is 1. The van der Waals surface area contributed by atoms with Gasteiger partial charge in [0.2, 0.25) is 0 Å². The molecule has 110 valence electrons. The molecule has 0 heterocycles. The van der Waals surface area contributed by atoms with Gasteiger partial charge >= 0.3 is 6.03 Å². The average Bonchev–Trinajstić information content (AvgIpc) is 2.47. The molecule has 0 radical (unpaired) electrons. The molecule has 0 aliphatic heterocycles. The van der Waals surface area contributed by atoms with Crippen LogP contribution in [0.3, 0.4) is 0 Å². The van der Waals surface area contributed by atoms with Crippen molar-refractivity contribution in [1.29, 1.82) is 0 Å². The maximum atomic E-state index is 13.1. The molecule has 2 rings (SSSR count). The van der Waals surface area contributed by atoms with Crippen LogP contribution in [0.25, 0.3) is 0 Å². The van der Waals surface area contributed by atoms with Gasteiger partial charge in [0.25, 0.3) is 0 Å². The first-order valence-electron chi connectivity index (χ1n) is 5.93. The highest BCUT2D eigenvalue weighted by Crippen LogP contribution is 2.21. The summed E-state index contributed by atoms with van der Waals surface area (Å²) in [5, 5.41) is 0. The quantitative estimate of drug-likeness (QED) is 0.833. The second kappa shape index (κ2) is 6.94. The van der Waals surface area contributed by atoms with E-state index in [1.807, 2.05) is 0 Å². The molecule has 0 aliphatic rings. The van der Waals surface area contributed by atoms with Crippen LogP contribution in [0.1, 0.15) is 5.56 Å². The first-order valence-corrected chi connectivity index (χ1v) is 6.75. The van der Waals surface area contributed by atoms with Gasteiger partial charge in [0.1, 0.15) is 12.4 Å². The summed E-state index contributed by atoms with van der Waals surface area (Å²) in [5.41, 5.74) is 5.49. The fourth-order valence-electron chi connectivity index (χ4n) is 1.53. The Hall–Kier alpha value is -2.28. The Morgan fingerprint density at radius 1 is 1.19 bits per heavy atom. The van der Waals surface area contributed by atoms with Crippen LogP contribution < -0.4 is 15.2 Å². The van der Waals surface area contributed by atoms with E-state index in [1.165, 1.54) is 6.07 Å². The second-order valence-corrected chi connectivity index (χ2v) is 4.96. The van der Waals surface area contributed by atoms with E-state index in [0.717, 1.165) is 29.0 Å². The third kappa shape index (κ3) is 4.64. The van der Waals surface area contributed by atoms with Gasteiger partial charge < -0.3 is 10.5 Å². The summed E-state index contributed by atoms with van der Waals surface area (Å²) in [6.45, 7) is 0.106. The number of amides is 2. The SMILES string of the molecule is NC(=O)NSc1cccc(OCc2ccc(F)c(F)c2)c1. The molecule has 0 unspecified atom stereocenters. The van der Waals surface area contributed by atoms with E-state index in [1.54, 1.807) is 24.3 Å². The van der Waals surface area contributed by atoms with Crippen LogP contribution >= 0.6 is 11.9 Å². The van der Waals surface area contributed by atoms with E-state index >= 15 is 0 Å². The summed E-state index contributed by atoms with van der Waals surface area (Å²) >= 11 is 1.05. The molecule has 4 nitrogen and oxygen atoms in total. The number of nitrogens with one attached hydrogen (secondary N) is 1. The van der Waals surface area contributed by atoms with Crippen LogP contribution in [0.5, 0.6) is 5.75 Å². The van der Waals surface area contributed by atoms with Gasteiger partial charge in [0.05, 0.1) is 0 Å². The Labute approximate surface area is 124 Å². The molecule has 3 N–H and O–H groups in total. The Kier molecular flexibility index (Phi) is 4.99. The zero-order valence-corrected chi connectivity index (χ0v) is 11.6. The highest BCUT2D eigenvalue weighted by atomic mass is 32.2. The van der Waals surface area contributed by atoms with E-state index < -0.39 is 17.7 Å². The average molecular weight is 310 g/mol. The molecule has 21 heavy (non-hydrogen) atoms. The number of benzene rings is 2. The smallest absolute Gasteiger partial charge is 0.322 e. The summed E-state index contributed by atoms with van der Waals surface area (Å²) in [6.07, 6.45) is 0. The molecule has 0 spiro atoms. The minimum Gasteiger partial charge on any atom is -0.489 e. The van der Waals surface area contributed by atoms with Crippen molar-refractivity contribution in [3.63, 3.8) is 0 Å². The van der Waals surface area contributed by atoms with Gasteiger partial charge in [0.15, 0.2) is 11.6 Å². The zero-order chi connectivity index (χ0) is 15.2. The highest BCUT2D eigenvalue weighted by Gasteiger charge is 2.04. The van der Waals surface area contributed by atoms with Crippen LogP contribution in [0.2, 0.25) is 0 Å². The Morgan fingerprint density at radius 3 is 2.71 bits per heavy atom. The third-order valence-electron chi connectivity index (χ3n) is 2.46. The summed E-state index contributed by atoms with van der Waals surface area (Å²) in [6, 6.07) is 9.87. The van der Waals surface area contributed by atoms with Crippen LogP contribution in [-0.2, 0) is 6.61 Å². The molecule has 0 saturated carbocycles. The predicted octanol–water partition coefficient (Wildman–Crippen LogP) is 3.22. The van der Waals surface area contributed by atoms with E-state index in [0.29, 0.717) is 11.3 Å². The van der Waals surface area contributed by atoms with Gasteiger partial charge in [0, 0.05) is 4.90 Å². The lowest BCUT2D eigenvalue weighted by atomic mass is 10.2. The molecule has 0 saturated heterocycles. The van der Waals surface area contributed by atoms with Crippen molar-refractivity contribution in [3.8, 4) is 5.75 Å². The van der Waals surface area contributed by atoms with Gasteiger partial charge in [-0.1, -0.05) is 12.1 Å². The fourth-order valence-corrected chi connectivity index (χ4v) is 2.07. The number of halogens is 2. The zero-order valence-electron chi connectivity index (χ0n) is 10.8. The van der Waals surface area contributed by atoms with Gasteiger partial charge in [-0.05, 0) is 47.8 Å².